The lowest BCUT2D eigenvalue weighted by Crippen LogP contribution is -2.60. The summed E-state index contributed by atoms with van der Waals surface area (Å²) >= 11 is 1.71. The molecule has 10 heteroatoms. The van der Waals surface area contributed by atoms with Gasteiger partial charge >= 0.3 is 6.09 Å². The van der Waals surface area contributed by atoms with Crippen molar-refractivity contribution in [2.24, 2.45) is 17.6 Å². The Balaban J connectivity index is 1.77. The average Bonchev–Trinajstić information content (AvgIpc) is 3.28. The van der Waals surface area contributed by atoms with E-state index >= 15 is 0 Å². The molecule has 3 fully saturated rings. The number of nitrogens with zero attached hydrogens (tertiary/aromatic N) is 1. The lowest BCUT2D eigenvalue weighted by molar-refractivity contribution is -0.140. The van der Waals surface area contributed by atoms with E-state index in [4.69, 9.17) is 15.9 Å². The lowest BCUT2D eigenvalue weighted by atomic mass is 9.89. The van der Waals surface area contributed by atoms with E-state index in [-0.39, 0.29) is 36.7 Å². The molecule has 0 bridgehead atoms. The van der Waals surface area contributed by atoms with Crippen molar-refractivity contribution < 1.29 is 19.1 Å². The van der Waals surface area contributed by atoms with E-state index < -0.39 is 22.9 Å². The third-order valence-electron chi connectivity index (χ3n) is 7.78. The summed E-state index contributed by atoms with van der Waals surface area (Å²) in [7, 11) is 0. The standard InChI is InChI=1S/C26H45N5O4S/c1-4-13-35-25(34)30-21(26(2,3)36-19-11-8-12-19)24(33)31-16-18(22(27)28)14-20(31)23(32)29-15-17-9-6-5-7-10-17/h17-21H,4-16H2,1-3H3,(H3,27,28)(H,29,32)(H,30,34)/t18-,20+,21+/m1/s1. The topological polar surface area (TPSA) is 138 Å². The smallest absolute Gasteiger partial charge is 0.407 e. The number of carbonyl (C=O) groups excluding carboxylic acids is 3. The highest BCUT2D eigenvalue weighted by molar-refractivity contribution is 8.01. The molecule has 0 radical (unpaired) electrons. The van der Waals surface area contributed by atoms with E-state index in [0.29, 0.717) is 30.6 Å². The minimum atomic E-state index is -0.869. The number of ether oxygens (including phenoxy) is 1. The quantitative estimate of drug-likeness (QED) is 0.242. The summed E-state index contributed by atoms with van der Waals surface area (Å²) in [5.41, 5.74) is 5.82. The molecule has 204 valence electrons. The van der Waals surface area contributed by atoms with Gasteiger partial charge in [-0.1, -0.05) is 32.6 Å². The zero-order chi connectivity index (χ0) is 26.3. The van der Waals surface area contributed by atoms with Crippen LogP contribution in [0.1, 0.15) is 85.0 Å². The molecule has 1 saturated heterocycles. The number of nitrogens with two attached hydrogens (primary N) is 1. The van der Waals surface area contributed by atoms with Crippen LogP contribution in [0.15, 0.2) is 0 Å². The number of likely N-dealkylation sites (tertiary alicyclic amines) is 1. The molecule has 3 aliphatic rings. The van der Waals surface area contributed by atoms with Crippen molar-refractivity contribution in [3.63, 3.8) is 0 Å². The van der Waals surface area contributed by atoms with Crippen molar-refractivity contribution in [3.05, 3.63) is 0 Å². The van der Waals surface area contributed by atoms with Gasteiger partial charge in [0.1, 0.15) is 12.1 Å². The van der Waals surface area contributed by atoms with Crippen molar-refractivity contribution in [2.45, 2.75) is 107 Å². The van der Waals surface area contributed by atoms with Crippen molar-refractivity contribution in [1.29, 1.82) is 5.41 Å². The Morgan fingerprint density at radius 1 is 1.14 bits per heavy atom. The van der Waals surface area contributed by atoms with E-state index in [1.165, 1.54) is 30.6 Å². The van der Waals surface area contributed by atoms with Gasteiger partial charge in [0.2, 0.25) is 11.8 Å². The first-order chi connectivity index (χ1) is 17.1. The maximum absolute atomic E-state index is 14.0. The second kappa shape index (κ2) is 13.0. The molecule has 3 amide bonds. The molecule has 0 unspecified atom stereocenters. The number of alkyl carbamates (subject to hydrolysis) is 1. The van der Waals surface area contributed by atoms with Crippen LogP contribution in [0.4, 0.5) is 4.79 Å². The number of amides is 3. The van der Waals surface area contributed by atoms with Crippen LogP contribution in [0.5, 0.6) is 0 Å². The fourth-order valence-electron chi connectivity index (χ4n) is 5.35. The van der Waals surface area contributed by atoms with Gasteiger partial charge in [0.15, 0.2) is 0 Å². The first-order valence-electron chi connectivity index (χ1n) is 13.7. The van der Waals surface area contributed by atoms with E-state index in [1.54, 1.807) is 11.8 Å². The lowest BCUT2D eigenvalue weighted by Gasteiger charge is -2.40. The molecule has 2 aliphatic carbocycles. The highest BCUT2D eigenvalue weighted by Crippen LogP contribution is 2.42. The Morgan fingerprint density at radius 2 is 1.83 bits per heavy atom. The number of nitrogens with one attached hydrogen (secondary N) is 3. The monoisotopic (exact) mass is 523 g/mol. The molecular weight excluding hydrogens is 478 g/mol. The van der Waals surface area contributed by atoms with Crippen LogP contribution in [-0.4, -0.2) is 70.4 Å². The number of amidine groups is 1. The molecule has 0 aromatic rings. The van der Waals surface area contributed by atoms with Gasteiger partial charge in [-0.2, -0.15) is 0 Å². The van der Waals surface area contributed by atoms with Crippen LogP contribution in [0.3, 0.4) is 0 Å². The molecule has 9 nitrogen and oxygen atoms in total. The van der Waals surface area contributed by atoms with Gasteiger partial charge in [-0.25, -0.2) is 4.79 Å². The van der Waals surface area contributed by atoms with Gasteiger partial charge in [-0.05, 0) is 58.3 Å². The Bertz CT molecular complexity index is 797. The maximum Gasteiger partial charge on any atom is 0.407 e. The Morgan fingerprint density at radius 3 is 2.42 bits per heavy atom. The number of thioether (sulfide) groups is 1. The van der Waals surface area contributed by atoms with Crippen LogP contribution in [0.2, 0.25) is 0 Å². The van der Waals surface area contributed by atoms with E-state index in [1.807, 2.05) is 20.8 Å². The summed E-state index contributed by atoms with van der Waals surface area (Å²) < 4.78 is 4.64. The summed E-state index contributed by atoms with van der Waals surface area (Å²) in [4.78, 5) is 41.4. The highest BCUT2D eigenvalue weighted by atomic mass is 32.2. The van der Waals surface area contributed by atoms with Crippen LogP contribution in [-0.2, 0) is 14.3 Å². The third kappa shape index (κ3) is 7.52. The second-order valence-corrected chi connectivity index (χ2v) is 13.1. The fraction of sp³-hybridized carbons (Fsp3) is 0.846. The van der Waals surface area contributed by atoms with Gasteiger partial charge in [0.05, 0.1) is 12.4 Å². The summed E-state index contributed by atoms with van der Waals surface area (Å²) in [6.07, 6.45) is 9.60. The van der Waals surface area contributed by atoms with Crippen LogP contribution < -0.4 is 16.4 Å². The van der Waals surface area contributed by atoms with E-state index in [0.717, 1.165) is 25.7 Å². The molecule has 1 heterocycles. The zero-order valence-electron chi connectivity index (χ0n) is 22.1. The van der Waals surface area contributed by atoms with E-state index in [9.17, 15) is 14.4 Å². The summed E-state index contributed by atoms with van der Waals surface area (Å²) in [5, 5.41) is 14.3. The van der Waals surface area contributed by atoms with Crippen molar-refractivity contribution in [2.75, 3.05) is 19.7 Å². The Labute approximate surface area is 219 Å². The van der Waals surface area contributed by atoms with Gasteiger partial charge in [-0.15, -0.1) is 11.8 Å². The normalized spacial score (nSPS) is 24.0. The average molecular weight is 524 g/mol. The molecule has 5 N–H and O–H groups in total. The highest BCUT2D eigenvalue weighted by Gasteiger charge is 2.48. The first-order valence-corrected chi connectivity index (χ1v) is 14.5. The Kier molecular flexibility index (Phi) is 10.3. The number of hydrogen-bond donors (Lipinski definition) is 4. The van der Waals surface area contributed by atoms with Gasteiger partial charge in [0, 0.05) is 29.0 Å². The zero-order valence-corrected chi connectivity index (χ0v) is 23.0. The second-order valence-electron chi connectivity index (χ2n) is 11.1. The molecule has 2 saturated carbocycles. The number of hydrogen-bond acceptors (Lipinski definition) is 6. The van der Waals surface area contributed by atoms with Crippen LogP contribution in [0, 0.1) is 17.2 Å². The summed E-state index contributed by atoms with van der Waals surface area (Å²) in [6.45, 7) is 6.92. The predicted octanol–water partition coefficient (Wildman–Crippen LogP) is 3.41. The molecular formula is C26H45N5O4S. The van der Waals surface area contributed by atoms with Crippen molar-refractivity contribution in [3.8, 4) is 0 Å². The molecule has 3 atom stereocenters. The van der Waals surface area contributed by atoms with Crippen molar-refractivity contribution >= 4 is 35.5 Å². The van der Waals surface area contributed by atoms with Crippen LogP contribution >= 0.6 is 11.8 Å². The Hall–Kier alpha value is -1.97. The largest absolute Gasteiger partial charge is 0.450 e. The molecule has 0 aromatic carbocycles. The molecule has 1 aliphatic heterocycles. The van der Waals surface area contributed by atoms with Gasteiger partial charge in [-0.3, -0.25) is 15.0 Å². The van der Waals surface area contributed by atoms with Gasteiger partial charge < -0.3 is 26.0 Å². The first kappa shape index (κ1) is 28.6. The van der Waals surface area contributed by atoms with Crippen molar-refractivity contribution in [1.82, 2.24) is 15.5 Å². The van der Waals surface area contributed by atoms with Gasteiger partial charge in [0.25, 0.3) is 0 Å². The minimum absolute atomic E-state index is 0.0228. The molecule has 0 aromatic heterocycles. The molecule has 0 spiro atoms. The predicted molar refractivity (Wildman–Crippen MR) is 143 cm³/mol. The summed E-state index contributed by atoms with van der Waals surface area (Å²) in [5.74, 6) is -0.450. The molecule has 36 heavy (non-hydrogen) atoms. The SMILES string of the molecule is CCCOC(=O)N[C@@H](C(=O)N1C[C@H](C(=N)N)C[C@H]1C(=O)NCC1CCCCC1)C(C)(C)SC1CCC1. The third-order valence-corrected chi connectivity index (χ3v) is 9.43. The van der Waals surface area contributed by atoms with Crippen LogP contribution in [0.25, 0.3) is 0 Å². The number of carbonyl (C=O) groups is 3. The van der Waals surface area contributed by atoms with E-state index in [2.05, 4.69) is 10.6 Å². The summed E-state index contributed by atoms with van der Waals surface area (Å²) in [6, 6.07) is -1.58. The maximum atomic E-state index is 14.0. The number of rotatable bonds is 11. The fourth-order valence-corrected chi connectivity index (χ4v) is 7.07. The molecule has 3 rings (SSSR count). The minimum Gasteiger partial charge on any atom is -0.450 e.